The molecule has 2 rings (SSSR count). The summed E-state index contributed by atoms with van der Waals surface area (Å²) in [4.78, 5) is 14.4. The maximum atomic E-state index is 12.2. The summed E-state index contributed by atoms with van der Waals surface area (Å²) in [5, 5.41) is 6.37. The Hall–Kier alpha value is -1.39. The maximum absolute atomic E-state index is 12.2. The molecule has 1 aromatic rings. The number of amides is 1. The summed E-state index contributed by atoms with van der Waals surface area (Å²) in [5.41, 5.74) is 3.30. The van der Waals surface area contributed by atoms with E-state index in [2.05, 4.69) is 35.4 Å². The molecule has 0 saturated heterocycles. The molecule has 0 atom stereocenters. The second kappa shape index (κ2) is 5.94. The lowest BCUT2D eigenvalue weighted by molar-refractivity contribution is 0.0919. The summed E-state index contributed by atoms with van der Waals surface area (Å²) in [5.74, 6) is 0.00768. The van der Waals surface area contributed by atoms with E-state index < -0.39 is 0 Å². The van der Waals surface area contributed by atoms with Gasteiger partial charge in [0.25, 0.3) is 5.91 Å². The molecule has 1 amide bonds. The molecular formula is C16H25N3O. The van der Waals surface area contributed by atoms with Gasteiger partial charge < -0.3 is 15.5 Å². The zero-order chi connectivity index (χ0) is 14.8. The van der Waals surface area contributed by atoms with E-state index in [4.69, 9.17) is 0 Å². The lowest BCUT2D eigenvalue weighted by Gasteiger charge is -2.32. The van der Waals surface area contributed by atoms with Crippen LogP contribution in [0, 0.1) is 0 Å². The summed E-state index contributed by atoms with van der Waals surface area (Å²) < 4.78 is 0. The average molecular weight is 275 g/mol. The molecule has 2 N–H and O–H groups in total. The van der Waals surface area contributed by atoms with Crippen LogP contribution in [0.4, 0.5) is 0 Å². The number of fused-ring (bicyclic) bond motifs is 1. The highest BCUT2D eigenvalue weighted by molar-refractivity contribution is 5.94. The number of carbonyl (C=O) groups is 1. The summed E-state index contributed by atoms with van der Waals surface area (Å²) in [7, 11) is 4.05. The van der Waals surface area contributed by atoms with Crippen LogP contribution in [0.15, 0.2) is 18.2 Å². The van der Waals surface area contributed by atoms with Crippen LogP contribution in [0.25, 0.3) is 0 Å². The summed E-state index contributed by atoms with van der Waals surface area (Å²) in [6.07, 6.45) is 1.05. The predicted molar refractivity (Wildman–Crippen MR) is 82.0 cm³/mol. The van der Waals surface area contributed by atoms with E-state index in [1.165, 1.54) is 11.1 Å². The Morgan fingerprint density at radius 1 is 1.35 bits per heavy atom. The standard InChI is InChI=1S/C16H25N3O/c1-16(2,19(3)4)11-18-15(20)13-6-5-12-7-8-17-10-14(12)9-13/h5-6,9,17H,7-8,10-11H2,1-4H3,(H,18,20). The highest BCUT2D eigenvalue weighted by atomic mass is 16.1. The predicted octanol–water partition coefficient (Wildman–Crippen LogP) is 1.40. The zero-order valence-corrected chi connectivity index (χ0v) is 12.9. The molecule has 1 aliphatic rings. The lowest BCUT2D eigenvalue weighted by Crippen LogP contribution is -2.48. The molecule has 0 fully saturated rings. The topological polar surface area (TPSA) is 44.4 Å². The van der Waals surface area contributed by atoms with Crippen molar-refractivity contribution in [3.63, 3.8) is 0 Å². The Kier molecular flexibility index (Phi) is 4.45. The van der Waals surface area contributed by atoms with Gasteiger partial charge >= 0.3 is 0 Å². The number of carbonyl (C=O) groups excluding carboxylic acids is 1. The SMILES string of the molecule is CN(C)C(C)(C)CNC(=O)c1ccc2c(c1)CNCC2. The van der Waals surface area contributed by atoms with E-state index >= 15 is 0 Å². The highest BCUT2D eigenvalue weighted by Gasteiger charge is 2.21. The first-order valence-electron chi connectivity index (χ1n) is 7.18. The Labute approximate surface area is 121 Å². The Morgan fingerprint density at radius 3 is 2.80 bits per heavy atom. The van der Waals surface area contributed by atoms with E-state index in [0.29, 0.717) is 6.54 Å². The van der Waals surface area contributed by atoms with Gasteiger partial charge in [-0.05, 0) is 64.2 Å². The molecule has 0 spiro atoms. The fourth-order valence-electron chi connectivity index (χ4n) is 2.18. The summed E-state index contributed by atoms with van der Waals surface area (Å²) >= 11 is 0. The quantitative estimate of drug-likeness (QED) is 0.873. The van der Waals surface area contributed by atoms with E-state index in [9.17, 15) is 4.79 Å². The van der Waals surface area contributed by atoms with Crippen LogP contribution >= 0.6 is 0 Å². The van der Waals surface area contributed by atoms with Gasteiger partial charge in [0, 0.05) is 24.2 Å². The summed E-state index contributed by atoms with van der Waals surface area (Å²) in [6.45, 7) is 6.75. The fraction of sp³-hybridized carbons (Fsp3) is 0.562. The molecule has 1 heterocycles. The van der Waals surface area contributed by atoms with Gasteiger partial charge in [0.1, 0.15) is 0 Å². The smallest absolute Gasteiger partial charge is 0.251 e. The number of nitrogens with one attached hydrogen (secondary N) is 2. The minimum Gasteiger partial charge on any atom is -0.350 e. The zero-order valence-electron chi connectivity index (χ0n) is 12.9. The van der Waals surface area contributed by atoms with Gasteiger partial charge in [-0.3, -0.25) is 4.79 Å². The summed E-state index contributed by atoms with van der Waals surface area (Å²) in [6, 6.07) is 6.03. The molecule has 110 valence electrons. The molecule has 20 heavy (non-hydrogen) atoms. The number of likely N-dealkylation sites (N-methyl/N-ethyl adjacent to an activating group) is 1. The molecule has 1 aliphatic heterocycles. The van der Waals surface area contributed by atoms with Crippen LogP contribution in [0.2, 0.25) is 0 Å². The van der Waals surface area contributed by atoms with Crippen molar-refractivity contribution in [1.82, 2.24) is 15.5 Å². The van der Waals surface area contributed by atoms with E-state index in [1.54, 1.807) is 0 Å². The van der Waals surface area contributed by atoms with Gasteiger partial charge in [0.05, 0.1) is 0 Å². The number of benzene rings is 1. The monoisotopic (exact) mass is 275 g/mol. The normalized spacial score (nSPS) is 15.1. The molecule has 0 saturated carbocycles. The molecule has 1 aromatic carbocycles. The number of hydrogen-bond donors (Lipinski definition) is 2. The minimum atomic E-state index is -0.0502. The van der Waals surface area contributed by atoms with Crippen LogP contribution < -0.4 is 10.6 Å². The van der Waals surface area contributed by atoms with Crippen molar-refractivity contribution < 1.29 is 4.79 Å². The number of hydrogen-bond acceptors (Lipinski definition) is 3. The van der Waals surface area contributed by atoms with Gasteiger partial charge in [0.15, 0.2) is 0 Å². The van der Waals surface area contributed by atoms with Crippen molar-refractivity contribution in [3.05, 3.63) is 34.9 Å². The molecule has 0 radical (unpaired) electrons. The van der Waals surface area contributed by atoms with Crippen LogP contribution in [-0.4, -0.2) is 43.5 Å². The average Bonchev–Trinajstić information content (AvgIpc) is 2.44. The first kappa shape index (κ1) is 15.0. The Morgan fingerprint density at radius 2 is 2.10 bits per heavy atom. The van der Waals surface area contributed by atoms with Crippen molar-refractivity contribution in [3.8, 4) is 0 Å². The third-order valence-corrected chi connectivity index (χ3v) is 4.25. The minimum absolute atomic E-state index is 0.00768. The first-order chi connectivity index (χ1) is 9.40. The van der Waals surface area contributed by atoms with Crippen LogP contribution in [0.5, 0.6) is 0 Å². The molecule has 0 unspecified atom stereocenters. The highest BCUT2D eigenvalue weighted by Crippen LogP contribution is 2.16. The van der Waals surface area contributed by atoms with Crippen LogP contribution in [0.3, 0.4) is 0 Å². The van der Waals surface area contributed by atoms with Crippen molar-refractivity contribution in [2.75, 3.05) is 27.2 Å². The molecule has 0 aliphatic carbocycles. The van der Waals surface area contributed by atoms with Crippen LogP contribution in [-0.2, 0) is 13.0 Å². The number of rotatable bonds is 4. The van der Waals surface area contributed by atoms with E-state index in [1.807, 2.05) is 26.2 Å². The van der Waals surface area contributed by atoms with E-state index in [0.717, 1.165) is 25.1 Å². The molecule has 4 heteroatoms. The maximum Gasteiger partial charge on any atom is 0.251 e. The fourth-order valence-corrected chi connectivity index (χ4v) is 2.18. The van der Waals surface area contributed by atoms with Crippen molar-refractivity contribution in [2.24, 2.45) is 0 Å². The Bertz CT molecular complexity index is 494. The van der Waals surface area contributed by atoms with Crippen molar-refractivity contribution in [1.29, 1.82) is 0 Å². The van der Waals surface area contributed by atoms with Gasteiger partial charge in [0.2, 0.25) is 0 Å². The number of nitrogens with zero attached hydrogens (tertiary/aromatic N) is 1. The molecular weight excluding hydrogens is 250 g/mol. The molecule has 0 aromatic heterocycles. The third-order valence-electron chi connectivity index (χ3n) is 4.25. The lowest BCUT2D eigenvalue weighted by atomic mass is 9.98. The van der Waals surface area contributed by atoms with Gasteiger partial charge in [-0.15, -0.1) is 0 Å². The van der Waals surface area contributed by atoms with Gasteiger partial charge in [-0.2, -0.15) is 0 Å². The van der Waals surface area contributed by atoms with Gasteiger partial charge in [-0.1, -0.05) is 6.07 Å². The Balaban J connectivity index is 2.03. The molecule has 0 bridgehead atoms. The van der Waals surface area contributed by atoms with Crippen LogP contribution in [0.1, 0.15) is 35.3 Å². The third kappa shape index (κ3) is 3.38. The first-order valence-corrected chi connectivity index (χ1v) is 7.18. The second-order valence-electron chi connectivity index (χ2n) is 6.30. The molecule has 4 nitrogen and oxygen atoms in total. The van der Waals surface area contributed by atoms with Gasteiger partial charge in [-0.25, -0.2) is 0 Å². The van der Waals surface area contributed by atoms with Crippen molar-refractivity contribution >= 4 is 5.91 Å². The second-order valence-corrected chi connectivity index (χ2v) is 6.30. The van der Waals surface area contributed by atoms with Crippen molar-refractivity contribution in [2.45, 2.75) is 32.4 Å². The largest absolute Gasteiger partial charge is 0.350 e. The van der Waals surface area contributed by atoms with E-state index in [-0.39, 0.29) is 11.4 Å².